The van der Waals surface area contributed by atoms with Gasteiger partial charge >= 0.3 is 6.03 Å². The van der Waals surface area contributed by atoms with Crippen molar-refractivity contribution >= 4 is 29.2 Å². The van der Waals surface area contributed by atoms with Crippen LogP contribution in [0.3, 0.4) is 0 Å². The first-order valence-corrected chi connectivity index (χ1v) is 11.0. The van der Waals surface area contributed by atoms with E-state index in [9.17, 15) is 27.6 Å². The lowest BCUT2D eigenvalue weighted by Crippen LogP contribution is -2.39. The molecule has 36 heavy (non-hydrogen) atoms. The third-order valence-electron chi connectivity index (χ3n) is 5.79. The molecule has 186 valence electrons. The van der Waals surface area contributed by atoms with Crippen molar-refractivity contribution in [2.45, 2.75) is 18.9 Å². The molecule has 7 nitrogen and oxygen atoms in total. The zero-order valence-electron chi connectivity index (χ0n) is 19.2. The molecule has 1 heterocycles. The summed E-state index contributed by atoms with van der Waals surface area (Å²) in [6.07, 6.45) is -0.0224. The number of amides is 4. The minimum absolute atomic E-state index is 0.0100. The van der Waals surface area contributed by atoms with E-state index in [0.717, 1.165) is 34.7 Å². The summed E-state index contributed by atoms with van der Waals surface area (Å²) in [4.78, 5) is 41.4. The Morgan fingerprint density at radius 3 is 2.28 bits per heavy atom. The Morgan fingerprint density at radius 1 is 0.944 bits per heavy atom. The summed E-state index contributed by atoms with van der Waals surface area (Å²) in [7, 11) is 1.55. The number of methoxy groups -OCH3 is 1. The minimum Gasteiger partial charge on any atom is -0.497 e. The molecule has 0 bridgehead atoms. The van der Waals surface area contributed by atoms with Gasteiger partial charge in [-0.25, -0.2) is 22.9 Å². The molecule has 1 aliphatic rings. The highest BCUT2D eigenvalue weighted by Gasteiger charge is 2.46. The topological polar surface area (TPSA) is 79.0 Å². The number of hydrogen-bond donors (Lipinski definition) is 1. The maximum absolute atomic E-state index is 13.5. The Hall–Kier alpha value is -4.34. The van der Waals surface area contributed by atoms with Crippen molar-refractivity contribution in [3.05, 3.63) is 89.7 Å². The van der Waals surface area contributed by atoms with Crippen LogP contribution in [0, 0.1) is 17.5 Å². The van der Waals surface area contributed by atoms with Crippen molar-refractivity contribution in [1.29, 1.82) is 0 Å². The van der Waals surface area contributed by atoms with Crippen LogP contribution in [-0.4, -0.2) is 42.4 Å². The van der Waals surface area contributed by atoms with Crippen LogP contribution in [0.15, 0.2) is 66.7 Å². The van der Waals surface area contributed by atoms with E-state index in [1.165, 1.54) is 23.1 Å². The number of urea groups is 1. The molecule has 0 aliphatic carbocycles. The van der Waals surface area contributed by atoms with Gasteiger partial charge in [0.2, 0.25) is 5.91 Å². The monoisotopic (exact) mass is 497 g/mol. The number of imide groups is 1. The van der Waals surface area contributed by atoms with Crippen molar-refractivity contribution in [2.75, 3.05) is 23.9 Å². The Balaban J connectivity index is 1.55. The molecule has 0 unspecified atom stereocenters. The average Bonchev–Trinajstić information content (AvgIpc) is 3.09. The number of carbonyl (C=O) groups is 3. The standard InChI is InChI=1S/C26H22F3N3O4/c1-36-20-9-2-16(3-10-20)12-13-31-23(15-24(33)30-18-6-11-21(28)22(29)14-18)25(34)32(26(31)35)19-7-4-17(27)5-8-19/h2-11,14,23H,12-13,15H2,1H3,(H,30,33)/t23-/m1/s1. The summed E-state index contributed by atoms with van der Waals surface area (Å²) in [5, 5.41) is 2.42. The van der Waals surface area contributed by atoms with Gasteiger partial charge in [-0.05, 0) is 60.5 Å². The van der Waals surface area contributed by atoms with Gasteiger partial charge in [0.05, 0.1) is 19.2 Å². The molecule has 3 aromatic carbocycles. The van der Waals surface area contributed by atoms with E-state index < -0.39 is 47.8 Å². The Bertz CT molecular complexity index is 1280. The number of halogens is 3. The van der Waals surface area contributed by atoms with Crippen LogP contribution in [0.2, 0.25) is 0 Å². The van der Waals surface area contributed by atoms with Crippen LogP contribution in [0.4, 0.5) is 29.3 Å². The van der Waals surface area contributed by atoms with Gasteiger partial charge in [0, 0.05) is 18.3 Å². The number of rotatable bonds is 8. The highest BCUT2D eigenvalue weighted by Crippen LogP contribution is 2.28. The lowest BCUT2D eigenvalue weighted by Gasteiger charge is -2.21. The van der Waals surface area contributed by atoms with Crippen molar-refractivity contribution in [1.82, 2.24) is 4.90 Å². The number of anilines is 2. The van der Waals surface area contributed by atoms with Crippen LogP contribution in [-0.2, 0) is 16.0 Å². The third-order valence-corrected chi connectivity index (χ3v) is 5.79. The number of nitrogens with zero attached hydrogens (tertiary/aromatic N) is 2. The molecule has 4 amide bonds. The van der Waals surface area contributed by atoms with Crippen LogP contribution in [0.25, 0.3) is 0 Å². The summed E-state index contributed by atoms with van der Waals surface area (Å²) in [5.41, 5.74) is 1.06. The fraction of sp³-hybridized carbons (Fsp3) is 0.192. The zero-order chi connectivity index (χ0) is 25.8. The molecule has 3 aromatic rings. The number of ether oxygens (including phenoxy) is 1. The molecule has 1 aliphatic heterocycles. The fourth-order valence-electron chi connectivity index (χ4n) is 3.92. The first kappa shape index (κ1) is 24.8. The summed E-state index contributed by atoms with van der Waals surface area (Å²) in [6.45, 7) is 0.123. The quantitative estimate of drug-likeness (QED) is 0.464. The summed E-state index contributed by atoms with van der Waals surface area (Å²) in [6, 6.07) is 13.1. The van der Waals surface area contributed by atoms with E-state index in [2.05, 4.69) is 5.32 Å². The van der Waals surface area contributed by atoms with Crippen LogP contribution in [0.1, 0.15) is 12.0 Å². The number of hydrogen-bond acceptors (Lipinski definition) is 4. The molecule has 0 saturated carbocycles. The number of nitrogens with one attached hydrogen (secondary N) is 1. The van der Waals surface area contributed by atoms with E-state index in [0.29, 0.717) is 12.2 Å². The minimum atomic E-state index is -1.15. The van der Waals surface area contributed by atoms with Gasteiger partial charge in [-0.15, -0.1) is 0 Å². The van der Waals surface area contributed by atoms with Gasteiger partial charge in [0.1, 0.15) is 17.6 Å². The van der Waals surface area contributed by atoms with Crippen molar-refractivity contribution in [3.63, 3.8) is 0 Å². The van der Waals surface area contributed by atoms with Crippen molar-refractivity contribution in [2.24, 2.45) is 0 Å². The highest BCUT2D eigenvalue weighted by molar-refractivity contribution is 6.22. The Morgan fingerprint density at radius 2 is 1.64 bits per heavy atom. The van der Waals surface area contributed by atoms with Gasteiger partial charge < -0.3 is 15.0 Å². The largest absolute Gasteiger partial charge is 0.497 e. The zero-order valence-corrected chi connectivity index (χ0v) is 19.2. The Labute approximate surface area is 205 Å². The van der Waals surface area contributed by atoms with Gasteiger partial charge in [-0.3, -0.25) is 9.59 Å². The molecule has 1 fully saturated rings. The van der Waals surface area contributed by atoms with Crippen molar-refractivity contribution in [3.8, 4) is 5.75 Å². The molecule has 1 atom stereocenters. The van der Waals surface area contributed by atoms with Crippen LogP contribution >= 0.6 is 0 Å². The average molecular weight is 497 g/mol. The normalized spacial score (nSPS) is 15.4. The summed E-state index contributed by atoms with van der Waals surface area (Å²) >= 11 is 0. The van der Waals surface area contributed by atoms with Gasteiger partial charge in [-0.1, -0.05) is 12.1 Å². The van der Waals surface area contributed by atoms with E-state index in [1.807, 2.05) is 12.1 Å². The van der Waals surface area contributed by atoms with E-state index in [1.54, 1.807) is 19.2 Å². The third kappa shape index (κ3) is 5.32. The second-order valence-electron chi connectivity index (χ2n) is 8.12. The molecule has 1 saturated heterocycles. The summed E-state index contributed by atoms with van der Waals surface area (Å²) in [5.74, 6) is -3.38. The van der Waals surface area contributed by atoms with Crippen LogP contribution in [0.5, 0.6) is 5.75 Å². The SMILES string of the molecule is COc1ccc(CCN2C(=O)N(c3ccc(F)cc3)C(=O)[C@H]2CC(=O)Nc2ccc(F)c(F)c2)cc1. The lowest BCUT2D eigenvalue weighted by atomic mass is 10.1. The Kier molecular flexibility index (Phi) is 7.23. The second-order valence-corrected chi connectivity index (χ2v) is 8.12. The van der Waals surface area contributed by atoms with Gasteiger partial charge in [0.15, 0.2) is 11.6 Å². The molecule has 0 spiro atoms. The van der Waals surface area contributed by atoms with E-state index >= 15 is 0 Å². The highest BCUT2D eigenvalue weighted by atomic mass is 19.2. The predicted octanol–water partition coefficient (Wildman–Crippen LogP) is 4.52. The second kappa shape index (κ2) is 10.5. The molecule has 1 N–H and O–H groups in total. The number of carbonyl (C=O) groups excluding carboxylic acids is 3. The van der Waals surface area contributed by atoms with E-state index in [-0.39, 0.29) is 17.9 Å². The van der Waals surface area contributed by atoms with Crippen molar-refractivity contribution < 1.29 is 32.3 Å². The fourth-order valence-corrected chi connectivity index (χ4v) is 3.92. The maximum atomic E-state index is 13.5. The first-order valence-electron chi connectivity index (χ1n) is 11.0. The first-order chi connectivity index (χ1) is 17.3. The van der Waals surface area contributed by atoms with Gasteiger partial charge in [-0.2, -0.15) is 0 Å². The molecule has 10 heteroatoms. The van der Waals surface area contributed by atoms with E-state index in [4.69, 9.17) is 4.74 Å². The smallest absolute Gasteiger partial charge is 0.332 e. The molecule has 4 rings (SSSR count). The maximum Gasteiger partial charge on any atom is 0.332 e. The molecule has 0 aromatic heterocycles. The molecular formula is C26H22F3N3O4. The molecule has 0 radical (unpaired) electrons. The lowest BCUT2D eigenvalue weighted by molar-refractivity contribution is -0.124. The number of benzene rings is 3. The van der Waals surface area contributed by atoms with Gasteiger partial charge in [0.25, 0.3) is 5.91 Å². The summed E-state index contributed by atoms with van der Waals surface area (Å²) < 4.78 is 45.3. The van der Waals surface area contributed by atoms with Crippen LogP contribution < -0.4 is 15.0 Å². The predicted molar refractivity (Wildman–Crippen MR) is 126 cm³/mol. The molecular weight excluding hydrogens is 475 g/mol.